The minimum atomic E-state index is -0.595. The summed E-state index contributed by atoms with van der Waals surface area (Å²) in [7, 11) is 0. The third kappa shape index (κ3) is 5.65. The van der Waals surface area contributed by atoms with E-state index >= 15 is 0 Å². The van der Waals surface area contributed by atoms with Crippen LogP contribution in [0.3, 0.4) is 0 Å². The molecule has 0 atom stereocenters. The zero-order chi connectivity index (χ0) is 26.5. The van der Waals surface area contributed by atoms with E-state index in [4.69, 9.17) is 15.1 Å². The van der Waals surface area contributed by atoms with Crippen LogP contribution in [0.1, 0.15) is 24.7 Å². The second kappa shape index (κ2) is 11.9. The smallest absolute Gasteiger partial charge is 0.219 e. The molecule has 5 rings (SSSR count). The van der Waals surface area contributed by atoms with Gasteiger partial charge in [-0.1, -0.05) is 25.9 Å². The lowest BCUT2D eigenvalue weighted by Crippen LogP contribution is -2.52. The van der Waals surface area contributed by atoms with Crippen molar-refractivity contribution >= 4 is 23.7 Å². The van der Waals surface area contributed by atoms with Crippen LogP contribution in [0.2, 0.25) is 6.82 Å². The first-order chi connectivity index (χ1) is 18.6. The molecule has 0 saturated carbocycles. The number of hydrogen-bond donors (Lipinski definition) is 1. The summed E-state index contributed by atoms with van der Waals surface area (Å²) in [4.78, 5) is 17.8. The maximum absolute atomic E-state index is 13.6. The topological polar surface area (TPSA) is 65.3 Å². The zero-order valence-corrected chi connectivity index (χ0v) is 22.1. The van der Waals surface area contributed by atoms with E-state index in [9.17, 15) is 8.78 Å². The molecule has 10 heteroatoms. The van der Waals surface area contributed by atoms with Gasteiger partial charge in [0, 0.05) is 62.1 Å². The summed E-state index contributed by atoms with van der Waals surface area (Å²) in [5.41, 5.74) is 3.94. The van der Waals surface area contributed by atoms with Gasteiger partial charge in [-0.25, -0.2) is 18.4 Å². The third-order valence-corrected chi connectivity index (χ3v) is 7.19. The highest BCUT2D eigenvalue weighted by molar-refractivity contribution is 6.73. The van der Waals surface area contributed by atoms with Crippen LogP contribution in [0, 0.1) is 5.82 Å². The number of fused-ring (bicyclic) bond motifs is 1. The molecule has 0 radical (unpaired) electrons. The summed E-state index contributed by atoms with van der Waals surface area (Å²) in [5.74, 6) is 1.93. The molecule has 2 aliphatic heterocycles. The monoisotopic (exact) mass is 517 g/mol. The molecule has 0 amide bonds. The van der Waals surface area contributed by atoms with Gasteiger partial charge in [0.15, 0.2) is 11.6 Å². The number of H-pyrrole nitrogens is 1. The van der Waals surface area contributed by atoms with Gasteiger partial charge in [0.2, 0.25) is 6.71 Å². The molecular weight excluding hydrogens is 483 g/mol. The molecule has 1 fully saturated rings. The number of allylic oxidation sites excluding steroid dienone is 4. The fraction of sp³-hybridized carbons (Fsp3) is 0.393. The van der Waals surface area contributed by atoms with E-state index < -0.39 is 6.67 Å². The predicted octanol–water partition coefficient (Wildman–Crippen LogP) is 3.68. The highest BCUT2D eigenvalue weighted by atomic mass is 19.1. The fourth-order valence-corrected chi connectivity index (χ4v) is 5.07. The molecule has 1 saturated heterocycles. The number of alkyl halides is 1. The SMILES string of the molecule is CC/C=C\C(=C/CF)c1nc(-c2ccc(F)cc2)n(CCN2CCN(C3=NCB(C)c4[nH]ccc43)CC2)n1. The first kappa shape index (κ1) is 26.1. The molecular formula is C28H34BF2N7. The van der Waals surface area contributed by atoms with E-state index in [-0.39, 0.29) is 5.82 Å². The van der Waals surface area contributed by atoms with Gasteiger partial charge >= 0.3 is 0 Å². The number of hydrogen-bond acceptors (Lipinski definition) is 5. The molecule has 7 nitrogen and oxygen atoms in total. The predicted molar refractivity (Wildman–Crippen MR) is 150 cm³/mol. The molecule has 0 aliphatic carbocycles. The van der Waals surface area contributed by atoms with Crippen molar-refractivity contribution in [1.29, 1.82) is 0 Å². The molecule has 2 aliphatic rings. The molecule has 4 heterocycles. The number of piperazine rings is 1. The van der Waals surface area contributed by atoms with E-state index in [0.717, 1.165) is 57.0 Å². The number of aliphatic imine (C=N–C) groups is 1. The third-order valence-electron chi connectivity index (χ3n) is 7.19. The van der Waals surface area contributed by atoms with Crippen LogP contribution in [0.4, 0.5) is 8.78 Å². The van der Waals surface area contributed by atoms with Gasteiger partial charge in [-0.15, -0.1) is 0 Å². The average molecular weight is 517 g/mol. The normalized spacial score (nSPS) is 16.8. The lowest BCUT2D eigenvalue weighted by molar-refractivity contribution is 0.175. The van der Waals surface area contributed by atoms with E-state index in [2.05, 4.69) is 27.7 Å². The van der Waals surface area contributed by atoms with Gasteiger partial charge in [-0.2, -0.15) is 5.10 Å². The second-order valence-corrected chi connectivity index (χ2v) is 9.81. The van der Waals surface area contributed by atoms with Crippen molar-refractivity contribution < 1.29 is 8.78 Å². The molecule has 3 aromatic rings. The van der Waals surface area contributed by atoms with Crippen LogP contribution in [-0.4, -0.2) is 87.9 Å². The molecule has 0 bridgehead atoms. The van der Waals surface area contributed by atoms with Gasteiger partial charge < -0.3 is 9.88 Å². The average Bonchev–Trinajstić information content (AvgIpc) is 3.60. The summed E-state index contributed by atoms with van der Waals surface area (Å²) in [6.07, 6.45) is 8.97. The van der Waals surface area contributed by atoms with E-state index in [0.29, 0.717) is 30.5 Å². The second-order valence-electron chi connectivity index (χ2n) is 9.81. The van der Waals surface area contributed by atoms with Crippen molar-refractivity contribution in [3.8, 4) is 11.4 Å². The number of nitrogens with one attached hydrogen (secondary N) is 1. The molecule has 1 N–H and O–H groups in total. The van der Waals surface area contributed by atoms with Crippen molar-refractivity contribution in [2.24, 2.45) is 4.99 Å². The Bertz CT molecular complexity index is 1320. The lowest BCUT2D eigenvalue weighted by Gasteiger charge is -2.37. The van der Waals surface area contributed by atoms with Gasteiger partial charge in [0.05, 0.1) is 6.54 Å². The quantitative estimate of drug-likeness (QED) is 0.366. The van der Waals surface area contributed by atoms with E-state index in [1.165, 1.54) is 29.4 Å². The van der Waals surface area contributed by atoms with Crippen LogP contribution >= 0.6 is 0 Å². The number of benzene rings is 1. The van der Waals surface area contributed by atoms with Gasteiger partial charge in [0.25, 0.3) is 0 Å². The minimum absolute atomic E-state index is 0.300. The highest BCUT2D eigenvalue weighted by Gasteiger charge is 2.28. The Kier molecular flexibility index (Phi) is 8.17. The van der Waals surface area contributed by atoms with E-state index in [1.807, 2.05) is 30.0 Å². The van der Waals surface area contributed by atoms with Crippen LogP contribution in [0.15, 0.2) is 59.7 Å². The zero-order valence-electron chi connectivity index (χ0n) is 22.1. The largest absolute Gasteiger partial charge is 0.372 e. The van der Waals surface area contributed by atoms with Gasteiger partial charge in [-0.3, -0.25) is 9.89 Å². The van der Waals surface area contributed by atoms with Crippen LogP contribution in [-0.2, 0) is 6.54 Å². The number of rotatable bonds is 8. The molecule has 0 spiro atoms. The standard InChI is InChI=1S/C28H34BF2N7/c1-3-4-5-21(10-12-30)26-34-27(22-6-8-23(31)9-7-22)38(35-26)19-16-36-14-17-37(18-15-36)28-24-11-13-32-25(24)29(2)20-33-28/h4-11,13,32H,3,12,14-20H2,1-2H3/b5-4-,21-10+. The minimum Gasteiger partial charge on any atom is -0.372 e. The number of nitrogens with zero attached hydrogens (tertiary/aromatic N) is 6. The Morgan fingerprint density at radius 3 is 2.63 bits per heavy atom. The molecule has 38 heavy (non-hydrogen) atoms. The molecule has 1 aromatic carbocycles. The molecule has 198 valence electrons. The maximum atomic E-state index is 13.6. The van der Waals surface area contributed by atoms with Crippen molar-refractivity contribution in [3.05, 3.63) is 72.0 Å². The summed E-state index contributed by atoms with van der Waals surface area (Å²) < 4.78 is 28.7. The lowest BCUT2D eigenvalue weighted by atomic mass is 9.48. The van der Waals surface area contributed by atoms with Crippen LogP contribution in [0.25, 0.3) is 17.0 Å². The van der Waals surface area contributed by atoms with Crippen LogP contribution < -0.4 is 5.59 Å². The summed E-state index contributed by atoms with van der Waals surface area (Å²) in [5, 5.41) is 4.75. The number of amidine groups is 1. The van der Waals surface area contributed by atoms with Crippen LogP contribution in [0.5, 0.6) is 0 Å². The Hall–Kier alpha value is -3.53. The summed E-state index contributed by atoms with van der Waals surface area (Å²) >= 11 is 0. The fourth-order valence-electron chi connectivity index (χ4n) is 5.07. The van der Waals surface area contributed by atoms with E-state index in [1.54, 1.807) is 12.1 Å². The number of aromatic amines is 1. The molecule has 2 aromatic heterocycles. The first-order valence-electron chi connectivity index (χ1n) is 13.4. The first-order valence-corrected chi connectivity index (χ1v) is 13.4. The Balaban J connectivity index is 1.29. The summed E-state index contributed by atoms with van der Waals surface area (Å²) in [6, 6.07) is 8.40. The highest BCUT2D eigenvalue weighted by Crippen LogP contribution is 2.22. The van der Waals surface area contributed by atoms with Gasteiger partial charge in [-0.05, 0) is 48.4 Å². The number of aromatic nitrogens is 4. The number of halogens is 2. The van der Waals surface area contributed by atoms with Crippen molar-refractivity contribution in [2.75, 3.05) is 45.8 Å². The molecule has 0 unspecified atom stereocenters. The Labute approximate surface area is 223 Å². The van der Waals surface area contributed by atoms with Crippen molar-refractivity contribution in [3.63, 3.8) is 0 Å². The summed E-state index contributed by atoms with van der Waals surface area (Å²) in [6.45, 7) is 9.16. The Morgan fingerprint density at radius 2 is 1.89 bits per heavy atom. The maximum Gasteiger partial charge on any atom is 0.219 e. The van der Waals surface area contributed by atoms with Gasteiger partial charge in [0.1, 0.15) is 18.3 Å². The van der Waals surface area contributed by atoms with Crippen molar-refractivity contribution in [2.45, 2.75) is 26.7 Å². The Morgan fingerprint density at radius 1 is 1.11 bits per heavy atom. The van der Waals surface area contributed by atoms with Crippen molar-refractivity contribution in [1.82, 2.24) is 29.5 Å².